The Labute approximate surface area is 402 Å². The molecule has 0 heterocycles. The number of rotatable bonds is 33. The van der Waals surface area contributed by atoms with Gasteiger partial charge in [0, 0.05) is 31.9 Å². The van der Waals surface area contributed by atoms with Crippen LogP contribution in [0.3, 0.4) is 0 Å². The minimum Gasteiger partial charge on any atom is -0.480 e. The first-order valence-electron chi connectivity index (χ1n) is 24.4. The van der Waals surface area contributed by atoms with Gasteiger partial charge in [-0.1, -0.05) is 144 Å². The number of carboxylic acid groups (broad SMARTS) is 1. The van der Waals surface area contributed by atoms with Crippen LogP contribution in [0.5, 0.6) is 0 Å². The number of hydrogen-bond acceptors (Lipinski definition) is 10. The first kappa shape index (κ1) is 57.0. The molecule has 1 unspecified atom stereocenters. The molecule has 3 rings (SSSR count). The molecule has 68 heavy (non-hydrogen) atoms. The van der Waals surface area contributed by atoms with Crippen molar-refractivity contribution in [1.82, 2.24) is 26.6 Å². The van der Waals surface area contributed by atoms with Gasteiger partial charge in [-0.05, 0) is 49.7 Å². The van der Waals surface area contributed by atoms with Crippen LogP contribution in [0.25, 0.3) is 0 Å². The molecule has 0 aromatic heterocycles. The summed E-state index contributed by atoms with van der Waals surface area (Å²) in [4.78, 5) is 90.0. The number of nitrogens with two attached hydrogens (primary N) is 1. The van der Waals surface area contributed by atoms with Crippen molar-refractivity contribution in [3.63, 3.8) is 0 Å². The average molecular weight is 969 g/mol. The van der Waals surface area contributed by atoms with E-state index in [4.69, 9.17) is 5.73 Å². The minimum atomic E-state index is -3.68. The van der Waals surface area contributed by atoms with Crippen molar-refractivity contribution in [1.29, 1.82) is 0 Å². The number of amides is 6. The first-order valence-corrected chi connectivity index (χ1v) is 26.4. The summed E-state index contributed by atoms with van der Waals surface area (Å²) in [5, 5.41) is 33.3. The summed E-state index contributed by atoms with van der Waals surface area (Å²) in [6, 6.07) is 11.9. The zero-order valence-corrected chi connectivity index (χ0v) is 40.7. The SMILES string of the molecule is CC(O)[C@H](NC(=O)CCCCCCCCCCCCCCC(=O)N[C@@H](CS(C)(=O)=O)C(=O)N[C@@H](Cc1ccccc1)C(=O)O)C(=O)N[C@H](C(=O)N[C@@H](Cc1ccccc1)C(N)=O)C1CCCCC1. The maximum atomic E-state index is 13.7. The first-order chi connectivity index (χ1) is 32.4. The number of carbonyl (C=O) groups is 7. The van der Waals surface area contributed by atoms with Gasteiger partial charge in [0.05, 0.1) is 11.9 Å². The van der Waals surface area contributed by atoms with Gasteiger partial charge in [0.1, 0.15) is 40.0 Å². The minimum absolute atomic E-state index is 0.00390. The molecule has 0 saturated heterocycles. The van der Waals surface area contributed by atoms with E-state index in [0.29, 0.717) is 31.2 Å². The van der Waals surface area contributed by atoms with Gasteiger partial charge in [0.15, 0.2) is 0 Å². The van der Waals surface area contributed by atoms with Gasteiger partial charge < -0.3 is 42.5 Å². The fraction of sp³-hybridized carbons (Fsp3) is 0.620. The molecule has 1 saturated carbocycles. The number of hydrogen-bond donors (Lipinski definition) is 8. The fourth-order valence-electron chi connectivity index (χ4n) is 8.51. The lowest BCUT2D eigenvalue weighted by atomic mass is 9.83. The number of sulfone groups is 1. The molecular formula is C50H76N6O11S. The lowest BCUT2D eigenvalue weighted by Crippen LogP contribution is -2.60. The number of nitrogens with one attached hydrogen (secondary N) is 5. The Balaban J connectivity index is 1.29. The third kappa shape index (κ3) is 23.1. The number of aliphatic carboxylic acids is 1. The molecule has 2 aromatic carbocycles. The number of carboxylic acids is 1. The van der Waals surface area contributed by atoms with Crippen LogP contribution in [0, 0.1) is 5.92 Å². The number of benzene rings is 2. The Hall–Kier alpha value is -5.36. The van der Waals surface area contributed by atoms with E-state index in [-0.39, 0.29) is 37.5 Å². The van der Waals surface area contributed by atoms with Gasteiger partial charge in [-0.3, -0.25) is 28.8 Å². The quantitative estimate of drug-likeness (QED) is 0.0475. The van der Waals surface area contributed by atoms with Crippen molar-refractivity contribution in [2.75, 3.05) is 12.0 Å². The van der Waals surface area contributed by atoms with Crippen molar-refractivity contribution < 1.29 is 52.2 Å². The van der Waals surface area contributed by atoms with Crippen molar-refractivity contribution in [3.05, 3.63) is 71.8 Å². The van der Waals surface area contributed by atoms with Gasteiger partial charge in [0.25, 0.3) is 0 Å². The largest absolute Gasteiger partial charge is 0.480 e. The van der Waals surface area contributed by atoms with E-state index >= 15 is 0 Å². The Kier molecular flexibility index (Phi) is 25.9. The summed E-state index contributed by atoms with van der Waals surface area (Å²) in [6.45, 7) is 1.41. The zero-order chi connectivity index (χ0) is 49.9. The molecule has 0 aliphatic heterocycles. The average Bonchev–Trinajstić information content (AvgIpc) is 3.29. The summed E-state index contributed by atoms with van der Waals surface area (Å²) in [6.07, 6.45) is 15.3. The number of primary amides is 1. The predicted octanol–water partition coefficient (Wildman–Crippen LogP) is 3.93. The van der Waals surface area contributed by atoms with E-state index < -0.39 is 87.4 Å². The van der Waals surface area contributed by atoms with Crippen LogP contribution in [0.15, 0.2) is 60.7 Å². The smallest absolute Gasteiger partial charge is 0.326 e. The topological polar surface area (TPSA) is 280 Å². The summed E-state index contributed by atoms with van der Waals surface area (Å²) in [7, 11) is -3.68. The van der Waals surface area contributed by atoms with Gasteiger partial charge in [-0.15, -0.1) is 0 Å². The van der Waals surface area contributed by atoms with Crippen molar-refractivity contribution in [2.24, 2.45) is 11.7 Å². The molecule has 0 spiro atoms. The monoisotopic (exact) mass is 969 g/mol. The second-order valence-corrected chi connectivity index (χ2v) is 20.6. The van der Waals surface area contributed by atoms with Gasteiger partial charge >= 0.3 is 5.97 Å². The standard InChI is InChI=1S/C50H76N6O11S/c1-35(57)44(48(62)56-45(38-28-20-15-21-29-38)49(63)53-39(46(51)60)32-36-24-16-13-17-25-36)55-43(59)31-23-12-10-8-6-4-3-5-7-9-11-22-30-42(58)52-41(34-68(2,66)67)47(61)54-40(50(64)65)33-37-26-18-14-19-27-37/h13-14,16-19,24-27,35,38-41,44-45,57H,3-12,15,20-23,28-34H2,1-2H3,(H2,51,60)(H,52,58)(H,53,63)(H,54,61)(H,55,59)(H,56,62)(H,64,65)/t35?,39-,40-,41-,44-,45-/m0/s1. The van der Waals surface area contributed by atoms with Gasteiger partial charge in [0.2, 0.25) is 35.4 Å². The Morgan fingerprint density at radius 2 is 1.03 bits per heavy atom. The van der Waals surface area contributed by atoms with Crippen LogP contribution >= 0.6 is 0 Å². The lowest BCUT2D eigenvalue weighted by molar-refractivity contribution is -0.142. The number of aliphatic hydroxyl groups is 1. The molecule has 17 nitrogen and oxygen atoms in total. The van der Waals surface area contributed by atoms with E-state index in [1.54, 1.807) is 30.3 Å². The molecule has 2 aromatic rings. The Bertz CT molecular complexity index is 2000. The molecule has 9 N–H and O–H groups in total. The van der Waals surface area contributed by atoms with Crippen molar-refractivity contribution in [2.45, 2.75) is 178 Å². The normalized spacial score (nSPS) is 15.6. The van der Waals surface area contributed by atoms with E-state index in [1.165, 1.54) is 6.92 Å². The second kappa shape index (κ2) is 30.9. The molecule has 0 radical (unpaired) electrons. The summed E-state index contributed by atoms with van der Waals surface area (Å²) in [5.74, 6) is -5.73. The van der Waals surface area contributed by atoms with Gasteiger partial charge in [-0.25, -0.2) is 13.2 Å². The predicted molar refractivity (Wildman–Crippen MR) is 259 cm³/mol. The highest BCUT2D eigenvalue weighted by Crippen LogP contribution is 2.27. The maximum Gasteiger partial charge on any atom is 0.326 e. The van der Waals surface area contributed by atoms with Crippen molar-refractivity contribution >= 4 is 51.2 Å². The molecule has 378 valence electrons. The molecule has 1 aliphatic rings. The molecule has 6 amide bonds. The summed E-state index contributed by atoms with van der Waals surface area (Å²) >= 11 is 0. The summed E-state index contributed by atoms with van der Waals surface area (Å²) in [5.41, 5.74) is 7.16. The molecule has 0 bridgehead atoms. The van der Waals surface area contributed by atoms with Crippen LogP contribution in [0.2, 0.25) is 0 Å². The third-order valence-corrected chi connectivity index (χ3v) is 13.2. The lowest BCUT2D eigenvalue weighted by Gasteiger charge is -2.32. The Morgan fingerprint density at radius 3 is 1.47 bits per heavy atom. The van der Waals surface area contributed by atoms with Crippen LogP contribution < -0.4 is 32.3 Å². The third-order valence-electron chi connectivity index (χ3n) is 12.3. The zero-order valence-electron chi connectivity index (χ0n) is 39.9. The highest BCUT2D eigenvalue weighted by molar-refractivity contribution is 7.90. The second-order valence-electron chi connectivity index (χ2n) is 18.4. The van der Waals surface area contributed by atoms with Crippen LogP contribution in [-0.2, 0) is 56.2 Å². The molecule has 1 fully saturated rings. The van der Waals surface area contributed by atoms with Crippen LogP contribution in [-0.4, -0.2) is 108 Å². The molecule has 18 heteroatoms. The number of aliphatic hydroxyl groups excluding tert-OH is 1. The highest BCUT2D eigenvalue weighted by Gasteiger charge is 2.36. The van der Waals surface area contributed by atoms with Crippen LogP contribution in [0.1, 0.15) is 140 Å². The van der Waals surface area contributed by atoms with E-state index in [0.717, 1.165) is 95.3 Å². The van der Waals surface area contributed by atoms with E-state index in [9.17, 15) is 52.2 Å². The van der Waals surface area contributed by atoms with Crippen LogP contribution in [0.4, 0.5) is 0 Å². The summed E-state index contributed by atoms with van der Waals surface area (Å²) < 4.78 is 24.1. The highest BCUT2D eigenvalue weighted by atomic mass is 32.2. The van der Waals surface area contributed by atoms with Crippen molar-refractivity contribution in [3.8, 4) is 0 Å². The maximum absolute atomic E-state index is 13.7. The fourth-order valence-corrected chi connectivity index (χ4v) is 9.35. The number of unbranched alkanes of at least 4 members (excludes halogenated alkanes) is 11. The molecule has 6 atom stereocenters. The Morgan fingerprint density at radius 1 is 0.588 bits per heavy atom. The van der Waals surface area contributed by atoms with E-state index in [2.05, 4.69) is 26.6 Å². The van der Waals surface area contributed by atoms with E-state index in [1.807, 2.05) is 30.3 Å². The number of carbonyl (C=O) groups excluding carboxylic acids is 6. The molecule has 1 aliphatic carbocycles. The van der Waals surface area contributed by atoms with Gasteiger partial charge in [-0.2, -0.15) is 0 Å². The molecular weight excluding hydrogens is 893 g/mol.